The van der Waals surface area contributed by atoms with Gasteiger partial charge in [-0.1, -0.05) is 12.1 Å². The van der Waals surface area contributed by atoms with Crippen LogP contribution in [0.3, 0.4) is 0 Å². The molecule has 0 bridgehead atoms. The van der Waals surface area contributed by atoms with Crippen LogP contribution in [0.15, 0.2) is 24.3 Å². The van der Waals surface area contributed by atoms with Crippen LogP contribution in [0.25, 0.3) is 0 Å². The van der Waals surface area contributed by atoms with Gasteiger partial charge in [-0.15, -0.1) is 0 Å². The van der Waals surface area contributed by atoms with E-state index in [1.807, 2.05) is 0 Å². The molecule has 1 fully saturated rings. The molecule has 7 nitrogen and oxygen atoms in total. The number of likely N-dealkylation sites (N-methyl/N-ethyl adjacent to an activating group) is 1. The fourth-order valence-electron chi connectivity index (χ4n) is 2.58. The second-order valence-corrected chi connectivity index (χ2v) is 5.33. The number of nitro benzene ring substituents is 1. The van der Waals surface area contributed by atoms with Gasteiger partial charge in [0.2, 0.25) is 5.91 Å². The number of likely N-dealkylation sites (tertiary alicyclic amines) is 1. The van der Waals surface area contributed by atoms with Crippen LogP contribution in [-0.2, 0) is 4.79 Å². The molecule has 0 saturated carbocycles. The van der Waals surface area contributed by atoms with Crippen molar-refractivity contribution in [3.8, 4) is 0 Å². The topological polar surface area (TPSA) is 92.7 Å². The largest absolute Gasteiger partial charge is 0.360 e. The fourth-order valence-corrected chi connectivity index (χ4v) is 2.58. The van der Waals surface area contributed by atoms with Gasteiger partial charge in [-0.3, -0.25) is 14.9 Å². The van der Waals surface area contributed by atoms with Crippen molar-refractivity contribution in [1.29, 1.82) is 0 Å². The Hall–Kier alpha value is -2.15. The summed E-state index contributed by atoms with van der Waals surface area (Å²) in [6, 6.07) is 6.43. The van der Waals surface area contributed by atoms with Crippen LogP contribution in [0.2, 0.25) is 0 Å². The highest BCUT2D eigenvalue weighted by Crippen LogP contribution is 2.26. The van der Waals surface area contributed by atoms with Gasteiger partial charge in [0.25, 0.3) is 5.69 Å². The Balaban J connectivity index is 2.03. The van der Waals surface area contributed by atoms with Crippen molar-refractivity contribution >= 4 is 17.3 Å². The molecular formula is C14H20N4O3. The molecule has 1 aliphatic heterocycles. The van der Waals surface area contributed by atoms with Crippen LogP contribution in [0.1, 0.15) is 6.42 Å². The van der Waals surface area contributed by atoms with Gasteiger partial charge in [-0.2, -0.15) is 0 Å². The summed E-state index contributed by atoms with van der Waals surface area (Å²) >= 11 is 0. The van der Waals surface area contributed by atoms with Crippen molar-refractivity contribution in [2.45, 2.75) is 6.42 Å². The molecule has 21 heavy (non-hydrogen) atoms. The molecule has 0 radical (unpaired) electrons. The number of nitrogens with two attached hydrogens (primary N) is 1. The average molecular weight is 292 g/mol. The number of nitrogens with zero attached hydrogens (tertiary/aromatic N) is 3. The number of nitro groups is 1. The molecule has 114 valence electrons. The summed E-state index contributed by atoms with van der Waals surface area (Å²) in [6.07, 6.45) is 0.928. The van der Waals surface area contributed by atoms with Crippen LogP contribution in [-0.4, -0.2) is 49.0 Å². The number of hydrogen-bond acceptors (Lipinski definition) is 5. The standard InChI is InChI=1S/C14H20N4O3/c1-16(12-4-2-3-5-13(12)18(20)21)10-14(19)17-7-6-11(8-15)9-17/h2-5,11H,6-10,15H2,1H3. The lowest BCUT2D eigenvalue weighted by Gasteiger charge is -2.23. The molecule has 1 unspecified atom stereocenters. The van der Waals surface area contributed by atoms with Crippen molar-refractivity contribution in [2.75, 3.05) is 38.1 Å². The molecule has 1 amide bonds. The number of rotatable bonds is 5. The molecule has 1 aromatic rings. The number of carbonyl (C=O) groups is 1. The normalized spacial score (nSPS) is 17.8. The van der Waals surface area contributed by atoms with Crippen LogP contribution in [0, 0.1) is 16.0 Å². The Bertz CT molecular complexity index is 535. The average Bonchev–Trinajstić information content (AvgIpc) is 2.96. The van der Waals surface area contributed by atoms with E-state index in [0.717, 1.165) is 6.42 Å². The SMILES string of the molecule is CN(CC(=O)N1CCC(CN)C1)c1ccccc1[N+](=O)[O-]. The first-order chi connectivity index (χ1) is 10.0. The lowest BCUT2D eigenvalue weighted by molar-refractivity contribution is -0.384. The molecule has 1 saturated heterocycles. The molecule has 1 atom stereocenters. The van der Waals surface area contributed by atoms with Crippen LogP contribution >= 0.6 is 0 Å². The summed E-state index contributed by atoms with van der Waals surface area (Å²) in [5, 5.41) is 11.0. The number of anilines is 1. The molecule has 2 N–H and O–H groups in total. The van der Waals surface area contributed by atoms with Gasteiger partial charge in [0, 0.05) is 26.2 Å². The number of benzene rings is 1. The Morgan fingerprint density at radius 1 is 1.52 bits per heavy atom. The predicted molar refractivity (Wildman–Crippen MR) is 80.1 cm³/mol. The van der Waals surface area contributed by atoms with E-state index in [1.165, 1.54) is 6.07 Å². The van der Waals surface area contributed by atoms with Crippen molar-refractivity contribution in [3.63, 3.8) is 0 Å². The lowest BCUT2D eigenvalue weighted by Crippen LogP contribution is -2.38. The molecule has 0 aliphatic carbocycles. The van der Waals surface area contributed by atoms with Gasteiger partial charge < -0.3 is 15.5 Å². The minimum atomic E-state index is -0.434. The van der Waals surface area contributed by atoms with Crippen molar-refractivity contribution < 1.29 is 9.72 Å². The van der Waals surface area contributed by atoms with Gasteiger partial charge in [-0.05, 0) is 24.9 Å². The maximum Gasteiger partial charge on any atom is 0.292 e. The molecule has 7 heteroatoms. The Kier molecular flexibility index (Phi) is 4.74. The van der Waals surface area contributed by atoms with E-state index in [-0.39, 0.29) is 18.1 Å². The first-order valence-corrected chi connectivity index (χ1v) is 6.95. The maximum absolute atomic E-state index is 12.2. The zero-order chi connectivity index (χ0) is 15.4. The zero-order valence-corrected chi connectivity index (χ0v) is 12.1. The minimum Gasteiger partial charge on any atom is -0.360 e. The summed E-state index contributed by atoms with van der Waals surface area (Å²) in [5.41, 5.74) is 6.08. The van der Waals surface area contributed by atoms with Gasteiger partial charge >= 0.3 is 0 Å². The molecule has 2 rings (SSSR count). The number of hydrogen-bond donors (Lipinski definition) is 1. The summed E-state index contributed by atoms with van der Waals surface area (Å²) in [6.45, 7) is 2.11. The van der Waals surface area contributed by atoms with E-state index in [2.05, 4.69) is 0 Å². The van der Waals surface area contributed by atoms with Gasteiger partial charge in [0.05, 0.1) is 11.5 Å². The van der Waals surface area contributed by atoms with E-state index < -0.39 is 4.92 Å². The van der Waals surface area contributed by atoms with Gasteiger partial charge in [-0.25, -0.2) is 0 Å². The monoisotopic (exact) mass is 292 g/mol. The van der Waals surface area contributed by atoms with Crippen LogP contribution in [0.4, 0.5) is 11.4 Å². The first kappa shape index (κ1) is 15.2. The van der Waals surface area contributed by atoms with Crippen LogP contribution < -0.4 is 10.6 Å². The van der Waals surface area contributed by atoms with Gasteiger partial charge in [0.1, 0.15) is 5.69 Å². The summed E-state index contributed by atoms with van der Waals surface area (Å²) in [5.74, 6) is 0.344. The highest BCUT2D eigenvalue weighted by atomic mass is 16.6. The Labute approximate surface area is 123 Å². The smallest absolute Gasteiger partial charge is 0.292 e. The Morgan fingerprint density at radius 3 is 2.86 bits per heavy atom. The molecule has 1 heterocycles. The quantitative estimate of drug-likeness (QED) is 0.641. The predicted octanol–water partition coefficient (Wildman–Crippen LogP) is 0.838. The molecule has 1 aliphatic rings. The van der Waals surface area contributed by atoms with Crippen molar-refractivity contribution in [1.82, 2.24) is 4.90 Å². The summed E-state index contributed by atoms with van der Waals surface area (Å²) in [4.78, 5) is 26.2. The maximum atomic E-state index is 12.2. The van der Waals surface area contributed by atoms with Crippen LogP contribution in [0.5, 0.6) is 0 Å². The first-order valence-electron chi connectivity index (χ1n) is 6.95. The summed E-state index contributed by atoms with van der Waals surface area (Å²) < 4.78 is 0. The van der Waals surface area contributed by atoms with E-state index in [9.17, 15) is 14.9 Å². The van der Waals surface area contributed by atoms with Crippen molar-refractivity contribution in [3.05, 3.63) is 34.4 Å². The third kappa shape index (κ3) is 3.49. The van der Waals surface area contributed by atoms with E-state index in [4.69, 9.17) is 5.73 Å². The number of carbonyl (C=O) groups excluding carboxylic acids is 1. The molecular weight excluding hydrogens is 272 g/mol. The van der Waals surface area contributed by atoms with E-state index in [0.29, 0.717) is 31.2 Å². The zero-order valence-electron chi connectivity index (χ0n) is 12.1. The highest BCUT2D eigenvalue weighted by molar-refractivity contribution is 5.82. The second kappa shape index (κ2) is 6.53. The molecule has 1 aromatic carbocycles. The molecule has 0 spiro atoms. The number of para-hydroxylation sites is 2. The fraction of sp³-hybridized carbons (Fsp3) is 0.500. The van der Waals surface area contributed by atoms with Gasteiger partial charge in [0.15, 0.2) is 0 Å². The highest BCUT2D eigenvalue weighted by Gasteiger charge is 2.26. The number of amides is 1. The van der Waals surface area contributed by atoms with Crippen molar-refractivity contribution in [2.24, 2.45) is 11.7 Å². The second-order valence-electron chi connectivity index (χ2n) is 5.33. The molecule has 0 aromatic heterocycles. The third-order valence-corrected chi connectivity index (χ3v) is 3.83. The Morgan fingerprint density at radius 2 is 2.24 bits per heavy atom. The van der Waals surface area contributed by atoms with E-state index in [1.54, 1.807) is 35.0 Å². The van der Waals surface area contributed by atoms with E-state index >= 15 is 0 Å². The third-order valence-electron chi connectivity index (χ3n) is 3.83. The summed E-state index contributed by atoms with van der Waals surface area (Å²) in [7, 11) is 1.69. The minimum absolute atomic E-state index is 0.00839. The lowest BCUT2D eigenvalue weighted by atomic mass is 10.1.